The summed E-state index contributed by atoms with van der Waals surface area (Å²) >= 11 is 1.66. The Hall–Kier alpha value is -6.87. The SMILES string of the molecule is [C-]#[N+]c1ccc2c(c1)oc1cc(-c3nc(-c4ccc5oc6ccccc6c5c4)nc(-c4ccc5sc6cc(C#N)ccc6c5c4)n3)ccc12. The lowest BCUT2D eigenvalue weighted by atomic mass is 10.1. The second kappa shape index (κ2) is 10.3. The molecule has 0 aliphatic rings. The number of fused-ring (bicyclic) bond motifs is 9. The first-order valence-corrected chi connectivity index (χ1v) is 16.3. The molecule has 0 radical (unpaired) electrons. The number of nitrogens with zero attached hydrogens (tertiary/aromatic N) is 5. The molecule has 4 aromatic heterocycles. The van der Waals surface area contributed by atoms with E-state index in [0.29, 0.717) is 39.9 Å². The molecule has 0 fully saturated rings. The van der Waals surface area contributed by atoms with E-state index in [4.69, 9.17) is 30.4 Å². The third-order valence-electron chi connectivity index (χ3n) is 8.97. The van der Waals surface area contributed by atoms with E-state index in [-0.39, 0.29) is 0 Å². The minimum atomic E-state index is 0.510. The molecule has 4 heterocycles. The van der Waals surface area contributed by atoms with Crippen molar-refractivity contribution in [3.05, 3.63) is 132 Å². The summed E-state index contributed by atoms with van der Waals surface area (Å²) in [6, 6.07) is 39.8. The first-order valence-electron chi connectivity index (χ1n) is 15.5. The molecule has 10 aromatic rings. The van der Waals surface area contributed by atoms with Gasteiger partial charge in [-0.3, -0.25) is 0 Å². The van der Waals surface area contributed by atoms with Crippen molar-refractivity contribution < 1.29 is 8.83 Å². The number of benzene rings is 6. The lowest BCUT2D eigenvalue weighted by Gasteiger charge is -2.09. The Morgan fingerprint density at radius 3 is 1.94 bits per heavy atom. The van der Waals surface area contributed by atoms with Crippen LogP contribution in [-0.4, -0.2) is 15.0 Å². The van der Waals surface area contributed by atoms with Crippen molar-refractivity contribution in [2.24, 2.45) is 0 Å². The molecule has 0 saturated carbocycles. The minimum absolute atomic E-state index is 0.510. The monoisotopic (exact) mass is 645 g/mol. The lowest BCUT2D eigenvalue weighted by Crippen LogP contribution is -2.00. The molecule has 0 saturated heterocycles. The maximum atomic E-state index is 9.43. The van der Waals surface area contributed by atoms with Crippen LogP contribution in [0.1, 0.15) is 5.56 Å². The largest absolute Gasteiger partial charge is 0.457 e. The molecule has 226 valence electrons. The zero-order valence-corrected chi connectivity index (χ0v) is 26.2. The number of aromatic nitrogens is 3. The quantitative estimate of drug-likeness (QED) is 0.178. The number of hydrogen-bond acceptors (Lipinski definition) is 7. The number of para-hydroxylation sites is 1. The van der Waals surface area contributed by atoms with E-state index in [9.17, 15) is 5.26 Å². The second-order valence-corrected chi connectivity index (χ2v) is 12.9. The maximum absolute atomic E-state index is 9.43. The molecule has 0 amide bonds. The average Bonchev–Trinajstić information content (AvgIpc) is 3.83. The summed E-state index contributed by atoms with van der Waals surface area (Å²) in [7, 11) is 0. The van der Waals surface area contributed by atoms with Crippen molar-refractivity contribution in [3.63, 3.8) is 0 Å². The van der Waals surface area contributed by atoms with Crippen LogP contribution in [0.5, 0.6) is 0 Å². The topological polar surface area (TPSA) is 93.1 Å². The van der Waals surface area contributed by atoms with Gasteiger partial charge in [0.1, 0.15) is 22.3 Å². The smallest absolute Gasteiger partial charge is 0.190 e. The van der Waals surface area contributed by atoms with Crippen LogP contribution in [0.4, 0.5) is 5.69 Å². The third kappa shape index (κ3) is 4.29. The van der Waals surface area contributed by atoms with Gasteiger partial charge in [0, 0.05) is 58.4 Å². The predicted molar refractivity (Wildman–Crippen MR) is 195 cm³/mol. The molecule has 6 aromatic carbocycles. The van der Waals surface area contributed by atoms with Gasteiger partial charge in [0.25, 0.3) is 0 Å². The van der Waals surface area contributed by atoms with E-state index in [2.05, 4.69) is 35.2 Å². The zero-order chi connectivity index (χ0) is 32.6. The van der Waals surface area contributed by atoms with Gasteiger partial charge in [-0.25, -0.2) is 19.8 Å². The van der Waals surface area contributed by atoms with Crippen LogP contribution in [0, 0.1) is 17.9 Å². The Labute approximate surface area is 281 Å². The summed E-state index contributed by atoms with van der Waals surface area (Å²) < 4.78 is 14.5. The molecule has 0 aliphatic carbocycles. The molecule has 0 bridgehead atoms. The van der Waals surface area contributed by atoms with E-state index < -0.39 is 0 Å². The van der Waals surface area contributed by atoms with Crippen molar-refractivity contribution in [3.8, 4) is 40.2 Å². The molecule has 0 unspecified atom stereocenters. The molecule has 8 heteroatoms. The van der Waals surface area contributed by atoms with Gasteiger partial charge in [0.05, 0.1) is 18.2 Å². The van der Waals surface area contributed by atoms with Crippen LogP contribution in [0.2, 0.25) is 0 Å². The van der Waals surface area contributed by atoms with Crippen LogP contribution < -0.4 is 0 Å². The summed E-state index contributed by atoms with van der Waals surface area (Å²) in [4.78, 5) is 18.6. The van der Waals surface area contributed by atoms with E-state index in [0.717, 1.165) is 69.6 Å². The van der Waals surface area contributed by atoms with E-state index >= 15 is 0 Å². The first kappa shape index (κ1) is 27.3. The number of thiophene rings is 1. The molecular formula is C41H19N5O2S. The van der Waals surface area contributed by atoms with Crippen molar-refractivity contribution in [1.29, 1.82) is 5.26 Å². The van der Waals surface area contributed by atoms with Gasteiger partial charge in [-0.1, -0.05) is 42.5 Å². The molecule has 7 nitrogen and oxygen atoms in total. The fourth-order valence-electron chi connectivity index (χ4n) is 6.59. The van der Waals surface area contributed by atoms with Gasteiger partial charge in [-0.05, 0) is 72.8 Å². The number of nitriles is 1. The standard InChI is InChI=1S/C41H19N5O2S/c1-43-26-10-13-29-28-12-7-25(19-35(28)48-36(29)20-26)41-45-39(23-8-14-34-31(17-23)27-4-2-3-5-33(27)47-34)44-40(46-41)24-9-15-37-32(18-24)30-11-6-22(21-42)16-38(30)49-37/h2-20H. The van der Waals surface area contributed by atoms with Gasteiger partial charge in [-0.2, -0.15) is 5.26 Å². The highest BCUT2D eigenvalue weighted by Gasteiger charge is 2.17. The summed E-state index contributed by atoms with van der Waals surface area (Å²) in [5, 5.41) is 15.5. The third-order valence-corrected chi connectivity index (χ3v) is 10.1. The van der Waals surface area contributed by atoms with Crippen LogP contribution in [-0.2, 0) is 0 Å². The molecular weight excluding hydrogens is 627 g/mol. The molecule has 49 heavy (non-hydrogen) atoms. The fraction of sp³-hybridized carbons (Fsp3) is 0. The highest BCUT2D eigenvalue weighted by molar-refractivity contribution is 7.25. The van der Waals surface area contributed by atoms with Gasteiger partial charge in [0.15, 0.2) is 23.2 Å². The Kier molecular flexibility index (Phi) is 5.74. The van der Waals surface area contributed by atoms with E-state index in [1.807, 2.05) is 78.9 Å². The summed E-state index contributed by atoms with van der Waals surface area (Å²) in [6.45, 7) is 7.39. The van der Waals surface area contributed by atoms with Crippen LogP contribution in [0.3, 0.4) is 0 Å². The van der Waals surface area contributed by atoms with Crippen molar-refractivity contribution in [2.75, 3.05) is 0 Å². The van der Waals surface area contributed by atoms with Crippen LogP contribution >= 0.6 is 11.3 Å². The zero-order valence-electron chi connectivity index (χ0n) is 25.4. The lowest BCUT2D eigenvalue weighted by molar-refractivity contribution is 0.668. The normalized spacial score (nSPS) is 11.6. The second-order valence-electron chi connectivity index (χ2n) is 11.9. The maximum Gasteiger partial charge on any atom is 0.190 e. The summed E-state index contributed by atoms with van der Waals surface area (Å²) in [5.41, 5.74) is 6.62. The Bertz CT molecular complexity index is 3100. The Morgan fingerprint density at radius 2 is 1.14 bits per heavy atom. The fourth-order valence-corrected chi connectivity index (χ4v) is 7.71. The summed E-state index contributed by atoms with van der Waals surface area (Å²) in [6.07, 6.45) is 0. The Balaban J connectivity index is 1.18. The first-order chi connectivity index (χ1) is 24.1. The van der Waals surface area contributed by atoms with Crippen LogP contribution in [0.15, 0.2) is 124 Å². The van der Waals surface area contributed by atoms with Crippen molar-refractivity contribution >= 4 is 81.1 Å². The number of furan rings is 2. The molecule has 0 atom stereocenters. The van der Waals surface area contributed by atoms with Crippen molar-refractivity contribution in [2.45, 2.75) is 0 Å². The number of hydrogen-bond donors (Lipinski definition) is 0. The Morgan fingerprint density at radius 1 is 0.531 bits per heavy atom. The van der Waals surface area contributed by atoms with Gasteiger partial charge >= 0.3 is 0 Å². The van der Waals surface area contributed by atoms with Gasteiger partial charge in [-0.15, -0.1) is 11.3 Å². The number of rotatable bonds is 3. The van der Waals surface area contributed by atoms with E-state index in [1.54, 1.807) is 23.5 Å². The molecule has 0 spiro atoms. The minimum Gasteiger partial charge on any atom is -0.457 e. The molecule has 10 rings (SSSR count). The van der Waals surface area contributed by atoms with Gasteiger partial charge < -0.3 is 8.83 Å². The van der Waals surface area contributed by atoms with Gasteiger partial charge in [0.2, 0.25) is 0 Å². The summed E-state index contributed by atoms with van der Waals surface area (Å²) in [5.74, 6) is 1.58. The predicted octanol–water partition coefficient (Wildman–Crippen LogP) is 11.5. The highest BCUT2D eigenvalue weighted by Crippen LogP contribution is 2.38. The average molecular weight is 646 g/mol. The van der Waals surface area contributed by atoms with Crippen molar-refractivity contribution in [1.82, 2.24) is 15.0 Å². The highest BCUT2D eigenvalue weighted by atomic mass is 32.1. The van der Waals surface area contributed by atoms with E-state index in [1.165, 1.54) is 0 Å². The van der Waals surface area contributed by atoms with Crippen LogP contribution in [0.25, 0.3) is 103 Å². The molecule has 0 N–H and O–H groups in total. The molecule has 0 aliphatic heterocycles.